The number of hydrogen-bond acceptors (Lipinski definition) is 7. The van der Waals surface area contributed by atoms with Crippen LogP contribution in [0.1, 0.15) is 11.1 Å². The summed E-state index contributed by atoms with van der Waals surface area (Å²) in [5.41, 5.74) is 1.30. The fraction of sp³-hybridized carbons (Fsp3) is 0.100. The average molecular weight is 537 g/mol. The molecular formula is C20H14BrFN4O4S2. The number of amides is 1. The minimum Gasteiger partial charge on any atom is -0.488 e. The summed E-state index contributed by atoms with van der Waals surface area (Å²) in [5, 5.41) is 8.06. The van der Waals surface area contributed by atoms with Gasteiger partial charge in [-0.15, -0.1) is 0 Å². The van der Waals surface area contributed by atoms with Gasteiger partial charge in [0.05, 0.1) is 22.0 Å². The summed E-state index contributed by atoms with van der Waals surface area (Å²) >= 11 is 4.15. The molecule has 0 spiro atoms. The Morgan fingerprint density at radius 3 is 2.62 bits per heavy atom. The maximum absolute atomic E-state index is 13.0. The van der Waals surface area contributed by atoms with E-state index in [0.717, 1.165) is 28.7 Å². The Morgan fingerprint density at radius 1 is 1.25 bits per heavy atom. The largest absolute Gasteiger partial charge is 0.488 e. The van der Waals surface area contributed by atoms with E-state index in [1.165, 1.54) is 18.2 Å². The number of fused-ring (bicyclic) bond motifs is 1. The summed E-state index contributed by atoms with van der Waals surface area (Å²) in [5.74, 6) is -0.772. The van der Waals surface area contributed by atoms with Crippen LogP contribution in [0.5, 0.6) is 5.75 Å². The third-order valence-corrected chi connectivity index (χ3v) is 6.77. The van der Waals surface area contributed by atoms with Gasteiger partial charge in [-0.05, 0) is 57.4 Å². The van der Waals surface area contributed by atoms with Crippen LogP contribution < -0.4 is 4.74 Å². The third kappa shape index (κ3) is 4.52. The number of benzene rings is 2. The Bertz CT molecular complexity index is 1340. The van der Waals surface area contributed by atoms with Crippen molar-refractivity contribution in [2.45, 2.75) is 6.61 Å². The zero-order chi connectivity index (χ0) is 23.0. The van der Waals surface area contributed by atoms with Crippen molar-refractivity contribution >= 4 is 65.9 Å². The van der Waals surface area contributed by atoms with Crippen molar-refractivity contribution in [1.29, 1.82) is 5.41 Å². The van der Waals surface area contributed by atoms with E-state index in [9.17, 15) is 17.6 Å². The molecule has 2 aliphatic heterocycles. The summed E-state index contributed by atoms with van der Waals surface area (Å²) in [6, 6.07) is 11.0. The molecule has 0 saturated carbocycles. The van der Waals surface area contributed by atoms with E-state index in [1.807, 2.05) is 0 Å². The molecule has 0 aromatic heterocycles. The van der Waals surface area contributed by atoms with Crippen LogP contribution in [0.3, 0.4) is 0 Å². The second-order valence-electron chi connectivity index (χ2n) is 6.78. The SMILES string of the molecule is CS(=O)(=O)C1=NSC2=NC(=O)/C(=C\c3ccc(OCc4ccc(F)cc4)c(Br)c3)C(=N)N21. The summed E-state index contributed by atoms with van der Waals surface area (Å²) < 4.78 is 47.1. The number of aliphatic imine (C=N–C) groups is 1. The van der Waals surface area contributed by atoms with Crippen molar-refractivity contribution in [2.75, 3.05) is 6.26 Å². The normalized spacial score (nSPS) is 17.3. The zero-order valence-corrected chi connectivity index (χ0v) is 19.6. The molecular weight excluding hydrogens is 523 g/mol. The maximum atomic E-state index is 13.0. The maximum Gasteiger partial charge on any atom is 0.283 e. The lowest BCUT2D eigenvalue weighted by atomic mass is 10.1. The van der Waals surface area contributed by atoms with E-state index in [4.69, 9.17) is 10.1 Å². The van der Waals surface area contributed by atoms with Crippen LogP contribution in [0.4, 0.5) is 4.39 Å². The van der Waals surface area contributed by atoms with Crippen LogP contribution in [-0.2, 0) is 21.2 Å². The highest BCUT2D eigenvalue weighted by Crippen LogP contribution is 2.31. The van der Waals surface area contributed by atoms with Crippen molar-refractivity contribution in [2.24, 2.45) is 9.39 Å². The molecule has 0 saturated heterocycles. The summed E-state index contributed by atoms with van der Waals surface area (Å²) in [4.78, 5) is 17.3. The number of nitrogens with zero attached hydrogens (tertiary/aromatic N) is 3. The molecule has 0 aliphatic carbocycles. The van der Waals surface area contributed by atoms with E-state index in [1.54, 1.807) is 30.3 Å². The molecule has 12 heteroatoms. The average Bonchev–Trinajstić information content (AvgIpc) is 3.16. The molecule has 2 aliphatic rings. The molecule has 2 heterocycles. The van der Waals surface area contributed by atoms with Crippen LogP contribution in [0, 0.1) is 11.2 Å². The van der Waals surface area contributed by atoms with Gasteiger partial charge in [-0.2, -0.15) is 9.39 Å². The molecule has 0 fully saturated rings. The fourth-order valence-electron chi connectivity index (χ4n) is 2.87. The molecule has 8 nitrogen and oxygen atoms in total. The quantitative estimate of drug-likeness (QED) is 0.469. The minimum atomic E-state index is -3.71. The Morgan fingerprint density at radius 2 is 1.97 bits per heavy atom. The van der Waals surface area contributed by atoms with Gasteiger partial charge in [-0.1, -0.05) is 18.2 Å². The molecule has 164 valence electrons. The van der Waals surface area contributed by atoms with E-state index >= 15 is 0 Å². The van der Waals surface area contributed by atoms with Gasteiger partial charge in [0.25, 0.3) is 5.91 Å². The minimum absolute atomic E-state index is 0.0308. The fourth-order valence-corrected chi connectivity index (χ4v) is 5.23. The zero-order valence-electron chi connectivity index (χ0n) is 16.4. The molecule has 0 atom stereocenters. The Kier molecular flexibility index (Phi) is 6.01. The summed E-state index contributed by atoms with van der Waals surface area (Å²) in [7, 11) is -3.71. The Labute approximate surface area is 195 Å². The lowest BCUT2D eigenvalue weighted by Gasteiger charge is -2.23. The Hall–Kier alpha value is -2.83. The van der Waals surface area contributed by atoms with Gasteiger partial charge in [0.2, 0.25) is 20.2 Å². The molecule has 1 N–H and O–H groups in total. The van der Waals surface area contributed by atoms with Gasteiger partial charge in [-0.25, -0.2) is 17.7 Å². The second kappa shape index (κ2) is 8.60. The van der Waals surface area contributed by atoms with E-state index in [-0.39, 0.29) is 34.2 Å². The number of carbonyl (C=O) groups excluding carboxylic acids is 1. The lowest BCUT2D eigenvalue weighted by molar-refractivity contribution is -0.114. The number of hydrogen-bond donors (Lipinski definition) is 1. The smallest absolute Gasteiger partial charge is 0.283 e. The number of nitrogens with one attached hydrogen (secondary N) is 1. The van der Waals surface area contributed by atoms with E-state index in [0.29, 0.717) is 15.8 Å². The molecule has 32 heavy (non-hydrogen) atoms. The number of rotatable bonds is 4. The first-order valence-electron chi connectivity index (χ1n) is 8.99. The number of amidine groups is 3. The Balaban J connectivity index is 1.56. The number of sulfone groups is 1. The standard InChI is InChI=1S/C20H14BrFN4O4S2/c1-32(28,29)20-25-31-19-24-18(27)14(17(23)26(19)20)8-12-4-7-16(15(21)9-12)30-10-11-2-5-13(22)6-3-11/h2-9,23H,10H2,1H3/b14-8-,23-17?. The van der Waals surface area contributed by atoms with Gasteiger partial charge in [0, 0.05) is 6.26 Å². The van der Waals surface area contributed by atoms with Crippen molar-refractivity contribution < 1.29 is 22.3 Å². The molecule has 2 aromatic rings. The first-order chi connectivity index (χ1) is 15.1. The van der Waals surface area contributed by atoms with Crippen molar-refractivity contribution in [3.63, 3.8) is 0 Å². The monoisotopic (exact) mass is 536 g/mol. The van der Waals surface area contributed by atoms with Crippen LogP contribution in [0.2, 0.25) is 0 Å². The van der Waals surface area contributed by atoms with Gasteiger partial charge in [0.1, 0.15) is 24.0 Å². The van der Waals surface area contributed by atoms with Gasteiger partial charge in [-0.3, -0.25) is 10.2 Å². The predicted octanol–water partition coefficient (Wildman–Crippen LogP) is 3.79. The van der Waals surface area contributed by atoms with Gasteiger partial charge >= 0.3 is 0 Å². The third-order valence-electron chi connectivity index (χ3n) is 4.40. The first kappa shape index (κ1) is 22.4. The number of halogens is 2. The molecule has 0 unspecified atom stereocenters. The molecule has 0 radical (unpaired) electrons. The molecule has 4 rings (SSSR count). The van der Waals surface area contributed by atoms with Crippen LogP contribution >= 0.6 is 27.9 Å². The van der Waals surface area contributed by atoms with Crippen molar-refractivity contribution in [1.82, 2.24) is 4.90 Å². The van der Waals surface area contributed by atoms with Crippen molar-refractivity contribution in [3.8, 4) is 5.75 Å². The summed E-state index contributed by atoms with van der Waals surface area (Å²) in [6.45, 7) is 0.236. The topological polar surface area (TPSA) is 112 Å². The number of ether oxygens (including phenoxy) is 1. The summed E-state index contributed by atoms with van der Waals surface area (Å²) in [6.07, 6.45) is 2.42. The first-order valence-corrected chi connectivity index (χ1v) is 12.4. The highest BCUT2D eigenvalue weighted by atomic mass is 79.9. The predicted molar refractivity (Wildman–Crippen MR) is 125 cm³/mol. The second-order valence-corrected chi connectivity index (χ2v) is 10.3. The van der Waals surface area contributed by atoms with Gasteiger partial charge < -0.3 is 4.74 Å². The molecule has 1 amide bonds. The van der Waals surface area contributed by atoms with Crippen LogP contribution in [0.25, 0.3) is 6.08 Å². The van der Waals surface area contributed by atoms with Gasteiger partial charge in [0.15, 0.2) is 0 Å². The van der Waals surface area contributed by atoms with Crippen molar-refractivity contribution in [3.05, 3.63) is 69.5 Å². The lowest BCUT2D eigenvalue weighted by Crippen LogP contribution is -2.45. The van der Waals surface area contributed by atoms with Crippen LogP contribution in [-0.4, -0.2) is 41.7 Å². The van der Waals surface area contributed by atoms with E-state index in [2.05, 4.69) is 25.3 Å². The highest BCUT2D eigenvalue weighted by Gasteiger charge is 2.41. The van der Waals surface area contributed by atoms with Crippen LogP contribution in [0.15, 0.2) is 61.9 Å². The van der Waals surface area contributed by atoms with E-state index < -0.39 is 15.7 Å². The highest BCUT2D eigenvalue weighted by molar-refractivity contribution is 9.10. The molecule has 2 aromatic carbocycles. The number of carbonyl (C=O) groups is 1. The molecule has 0 bridgehead atoms.